The Hall–Kier alpha value is -2.74. The van der Waals surface area contributed by atoms with Crippen LogP contribution in [0.25, 0.3) is 0 Å². The predicted molar refractivity (Wildman–Crippen MR) is 114 cm³/mol. The molecule has 27 heavy (non-hydrogen) atoms. The summed E-state index contributed by atoms with van der Waals surface area (Å²) in [6.07, 6.45) is 1.42. The molecule has 2 heterocycles. The summed E-state index contributed by atoms with van der Waals surface area (Å²) in [4.78, 5) is 5.11. The molecule has 2 nitrogen and oxygen atoms in total. The number of rotatable bonds is 2. The van der Waals surface area contributed by atoms with Crippen molar-refractivity contribution in [2.24, 2.45) is 5.92 Å². The number of anilines is 4. The highest BCUT2D eigenvalue weighted by atomic mass is 15.4. The van der Waals surface area contributed by atoms with E-state index in [4.69, 9.17) is 0 Å². The average Bonchev–Trinajstić information content (AvgIpc) is 3.08. The summed E-state index contributed by atoms with van der Waals surface area (Å²) >= 11 is 0. The lowest BCUT2D eigenvalue weighted by Gasteiger charge is -2.51. The summed E-state index contributed by atoms with van der Waals surface area (Å²) in [6.45, 7) is 7.21. The van der Waals surface area contributed by atoms with Gasteiger partial charge in [-0.15, -0.1) is 0 Å². The lowest BCUT2D eigenvalue weighted by molar-refractivity contribution is 0.249. The van der Waals surface area contributed by atoms with Crippen LogP contribution in [-0.4, -0.2) is 6.17 Å². The van der Waals surface area contributed by atoms with Crippen LogP contribution in [0.2, 0.25) is 0 Å². The Morgan fingerprint density at radius 2 is 1.30 bits per heavy atom. The van der Waals surface area contributed by atoms with Crippen molar-refractivity contribution in [3.8, 4) is 0 Å². The van der Waals surface area contributed by atoms with E-state index >= 15 is 0 Å². The van der Waals surface area contributed by atoms with Gasteiger partial charge >= 0.3 is 0 Å². The molecular weight excluding hydrogens is 328 g/mol. The largest absolute Gasteiger partial charge is 0.318 e. The first kappa shape index (κ1) is 16.4. The number of fused-ring (bicyclic) bond motifs is 5. The van der Waals surface area contributed by atoms with Crippen molar-refractivity contribution < 1.29 is 0 Å². The third-order valence-electron chi connectivity index (χ3n) is 6.93. The Kier molecular flexibility index (Phi) is 3.58. The zero-order chi connectivity index (χ0) is 18.6. The number of hydrogen-bond acceptors (Lipinski definition) is 2. The van der Waals surface area contributed by atoms with Crippen molar-refractivity contribution in [3.05, 3.63) is 84.4 Å². The van der Waals surface area contributed by atoms with Crippen LogP contribution in [0.1, 0.15) is 32.8 Å². The normalized spacial score (nSPS) is 25.7. The van der Waals surface area contributed by atoms with Gasteiger partial charge in [0.1, 0.15) is 6.17 Å². The molecule has 3 unspecified atom stereocenters. The SMILES string of the molecule is CCC1(C)c2ccccc2N2c3ccccc3N(c3ccccc3)C2C1C. The van der Waals surface area contributed by atoms with Crippen LogP contribution in [0.3, 0.4) is 0 Å². The Labute approximate surface area is 162 Å². The lowest BCUT2D eigenvalue weighted by Crippen LogP contribution is -2.54. The molecule has 2 heteroatoms. The molecule has 0 radical (unpaired) electrons. The molecule has 0 saturated carbocycles. The first-order valence-corrected chi connectivity index (χ1v) is 9.99. The summed E-state index contributed by atoms with van der Waals surface area (Å²) in [7, 11) is 0. The summed E-state index contributed by atoms with van der Waals surface area (Å²) in [6, 6.07) is 28.7. The third-order valence-corrected chi connectivity index (χ3v) is 6.93. The molecule has 0 spiro atoms. The standard InChI is InChI=1S/C25H26N2/c1-4-25(3)18(2)24-26(19-12-6-5-7-13-19)22-16-10-11-17-23(22)27(24)21-15-9-8-14-20(21)25/h5-18,24H,4H2,1-3H3. The van der Waals surface area contributed by atoms with Crippen LogP contribution in [0.15, 0.2) is 78.9 Å². The Morgan fingerprint density at radius 1 is 0.741 bits per heavy atom. The first-order valence-electron chi connectivity index (χ1n) is 9.99. The fraction of sp³-hybridized carbons (Fsp3) is 0.280. The van der Waals surface area contributed by atoms with Crippen molar-refractivity contribution in [1.82, 2.24) is 0 Å². The molecule has 0 saturated heterocycles. The van der Waals surface area contributed by atoms with E-state index in [2.05, 4.69) is 109 Å². The van der Waals surface area contributed by atoms with Gasteiger partial charge in [-0.25, -0.2) is 0 Å². The molecule has 136 valence electrons. The molecule has 0 fully saturated rings. The van der Waals surface area contributed by atoms with Gasteiger partial charge in [0, 0.05) is 22.7 Å². The molecular formula is C25H26N2. The van der Waals surface area contributed by atoms with Crippen molar-refractivity contribution in [2.45, 2.75) is 38.8 Å². The summed E-state index contributed by atoms with van der Waals surface area (Å²) in [5, 5.41) is 0. The van der Waals surface area contributed by atoms with Gasteiger partial charge in [0.25, 0.3) is 0 Å². The van der Waals surface area contributed by atoms with Gasteiger partial charge in [-0.1, -0.05) is 69.3 Å². The van der Waals surface area contributed by atoms with Crippen LogP contribution in [-0.2, 0) is 5.41 Å². The highest BCUT2D eigenvalue weighted by Gasteiger charge is 2.51. The number of nitrogens with zero attached hydrogens (tertiary/aromatic N) is 2. The highest BCUT2D eigenvalue weighted by molar-refractivity contribution is 5.90. The van der Waals surface area contributed by atoms with Gasteiger partial charge in [-0.05, 0) is 42.3 Å². The molecule has 3 atom stereocenters. The second-order valence-electron chi connectivity index (χ2n) is 8.05. The maximum absolute atomic E-state index is 2.57. The van der Waals surface area contributed by atoms with Crippen LogP contribution in [0, 0.1) is 5.92 Å². The van der Waals surface area contributed by atoms with Gasteiger partial charge in [0.05, 0.1) is 11.4 Å². The molecule has 0 aromatic heterocycles. The van der Waals surface area contributed by atoms with Crippen molar-refractivity contribution >= 4 is 22.7 Å². The molecule has 2 aliphatic heterocycles. The number of benzene rings is 3. The van der Waals surface area contributed by atoms with Gasteiger partial charge < -0.3 is 9.80 Å². The Morgan fingerprint density at radius 3 is 1.96 bits per heavy atom. The molecule has 5 rings (SSSR count). The van der Waals surface area contributed by atoms with Crippen LogP contribution in [0.4, 0.5) is 22.7 Å². The smallest absolute Gasteiger partial charge is 0.114 e. The van der Waals surface area contributed by atoms with E-state index in [9.17, 15) is 0 Å². The summed E-state index contributed by atoms with van der Waals surface area (Å²) in [5.41, 5.74) is 6.85. The maximum Gasteiger partial charge on any atom is 0.114 e. The topological polar surface area (TPSA) is 6.48 Å². The molecule has 0 aliphatic carbocycles. The van der Waals surface area contributed by atoms with Crippen molar-refractivity contribution in [3.63, 3.8) is 0 Å². The summed E-state index contributed by atoms with van der Waals surface area (Å²) in [5.74, 6) is 0.477. The van der Waals surface area contributed by atoms with Gasteiger partial charge in [-0.3, -0.25) is 0 Å². The minimum atomic E-state index is 0.146. The zero-order valence-corrected chi connectivity index (χ0v) is 16.3. The van der Waals surface area contributed by atoms with E-state index in [0.29, 0.717) is 5.92 Å². The molecule has 0 N–H and O–H groups in total. The number of hydrogen-bond donors (Lipinski definition) is 0. The van der Waals surface area contributed by atoms with E-state index in [1.165, 1.54) is 28.3 Å². The van der Waals surface area contributed by atoms with Crippen molar-refractivity contribution in [1.29, 1.82) is 0 Å². The lowest BCUT2D eigenvalue weighted by atomic mass is 9.66. The minimum Gasteiger partial charge on any atom is -0.318 e. The van der Waals surface area contributed by atoms with E-state index in [0.717, 1.165) is 6.42 Å². The van der Waals surface area contributed by atoms with E-state index in [1.807, 2.05) is 0 Å². The summed E-state index contributed by atoms with van der Waals surface area (Å²) < 4.78 is 0. The Bertz CT molecular complexity index is 980. The average molecular weight is 354 g/mol. The molecule has 0 bridgehead atoms. The van der Waals surface area contributed by atoms with E-state index in [-0.39, 0.29) is 11.6 Å². The fourth-order valence-electron chi connectivity index (χ4n) is 5.13. The van der Waals surface area contributed by atoms with Gasteiger partial charge in [0.15, 0.2) is 0 Å². The maximum atomic E-state index is 2.57. The van der Waals surface area contributed by atoms with Crippen LogP contribution < -0.4 is 9.80 Å². The van der Waals surface area contributed by atoms with Crippen LogP contribution >= 0.6 is 0 Å². The first-order chi connectivity index (χ1) is 13.2. The fourth-order valence-corrected chi connectivity index (χ4v) is 5.13. The number of para-hydroxylation sites is 4. The molecule has 3 aromatic carbocycles. The molecule has 3 aromatic rings. The van der Waals surface area contributed by atoms with Crippen molar-refractivity contribution in [2.75, 3.05) is 9.80 Å². The second-order valence-corrected chi connectivity index (χ2v) is 8.05. The predicted octanol–water partition coefficient (Wildman–Crippen LogP) is 6.62. The van der Waals surface area contributed by atoms with Gasteiger partial charge in [-0.2, -0.15) is 0 Å². The van der Waals surface area contributed by atoms with Crippen LogP contribution in [0.5, 0.6) is 0 Å². The highest BCUT2D eigenvalue weighted by Crippen LogP contribution is 2.58. The minimum absolute atomic E-state index is 0.146. The second kappa shape index (κ2) is 5.88. The zero-order valence-electron chi connectivity index (χ0n) is 16.3. The van der Waals surface area contributed by atoms with E-state index in [1.54, 1.807) is 0 Å². The molecule has 2 aliphatic rings. The Balaban J connectivity index is 1.80. The quantitative estimate of drug-likeness (QED) is 0.510. The van der Waals surface area contributed by atoms with Gasteiger partial charge in [0.2, 0.25) is 0 Å². The molecule has 0 amide bonds. The monoisotopic (exact) mass is 354 g/mol. The van der Waals surface area contributed by atoms with E-state index < -0.39 is 0 Å². The third kappa shape index (κ3) is 2.13.